The third kappa shape index (κ3) is 3.45. The summed E-state index contributed by atoms with van der Waals surface area (Å²) in [6.07, 6.45) is -4.41. The van der Waals surface area contributed by atoms with E-state index in [-0.39, 0.29) is 5.56 Å². The van der Waals surface area contributed by atoms with E-state index in [0.29, 0.717) is 5.69 Å². The minimum atomic E-state index is -4.41. The van der Waals surface area contributed by atoms with E-state index >= 15 is 0 Å². The summed E-state index contributed by atoms with van der Waals surface area (Å²) in [6, 6.07) is 4.36. The standard InChI is InChI=1S/C10H11F3N2O/c1-6-2-3-7(4-8(6)14)9(16)15-5-10(11,12)13/h2-4H,5,14H2,1H3,(H,15,16). The van der Waals surface area contributed by atoms with Gasteiger partial charge in [0.15, 0.2) is 0 Å². The lowest BCUT2D eigenvalue weighted by Crippen LogP contribution is -2.33. The van der Waals surface area contributed by atoms with Crippen molar-refractivity contribution < 1.29 is 18.0 Å². The molecule has 0 aromatic heterocycles. The molecule has 0 radical (unpaired) electrons. The summed E-state index contributed by atoms with van der Waals surface area (Å²) in [5.74, 6) is -0.788. The second kappa shape index (κ2) is 4.42. The van der Waals surface area contributed by atoms with Crippen molar-refractivity contribution in [2.24, 2.45) is 0 Å². The zero-order valence-electron chi connectivity index (χ0n) is 8.56. The number of rotatable bonds is 2. The van der Waals surface area contributed by atoms with Crippen molar-refractivity contribution >= 4 is 11.6 Å². The molecule has 3 nitrogen and oxygen atoms in total. The number of alkyl halides is 3. The van der Waals surface area contributed by atoms with Crippen LogP contribution in [0.25, 0.3) is 0 Å². The summed E-state index contributed by atoms with van der Waals surface area (Å²) >= 11 is 0. The predicted molar refractivity (Wildman–Crippen MR) is 54.0 cm³/mol. The van der Waals surface area contributed by atoms with Crippen LogP contribution in [0.1, 0.15) is 15.9 Å². The lowest BCUT2D eigenvalue weighted by Gasteiger charge is -2.09. The first kappa shape index (κ1) is 12.4. The SMILES string of the molecule is Cc1ccc(C(=O)NCC(F)(F)F)cc1N. The zero-order valence-corrected chi connectivity index (χ0v) is 8.56. The van der Waals surface area contributed by atoms with E-state index in [1.54, 1.807) is 18.3 Å². The Morgan fingerprint density at radius 1 is 1.44 bits per heavy atom. The largest absolute Gasteiger partial charge is 0.405 e. The van der Waals surface area contributed by atoms with E-state index in [4.69, 9.17) is 5.73 Å². The number of benzene rings is 1. The lowest BCUT2D eigenvalue weighted by atomic mass is 10.1. The van der Waals surface area contributed by atoms with Crippen molar-refractivity contribution in [3.05, 3.63) is 29.3 Å². The third-order valence-corrected chi connectivity index (χ3v) is 1.99. The molecule has 0 aliphatic carbocycles. The molecule has 0 atom stereocenters. The summed E-state index contributed by atoms with van der Waals surface area (Å²) in [7, 11) is 0. The first-order valence-electron chi connectivity index (χ1n) is 4.50. The Hall–Kier alpha value is -1.72. The summed E-state index contributed by atoms with van der Waals surface area (Å²) in [6.45, 7) is 0.395. The minimum absolute atomic E-state index is 0.118. The van der Waals surface area contributed by atoms with E-state index in [1.807, 2.05) is 0 Å². The van der Waals surface area contributed by atoms with Gasteiger partial charge in [-0.1, -0.05) is 6.07 Å². The maximum atomic E-state index is 11.8. The zero-order chi connectivity index (χ0) is 12.3. The van der Waals surface area contributed by atoms with Gasteiger partial charge < -0.3 is 11.1 Å². The van der Waals surface area contributed by atoms with Gasteiger partial charge in [0.05, 0.1) is 0 Å². The predicted octanol–water partition coefficient (Wildman–Crippen LogP) is 1.87. The van der Waals surface area contributed by atoms with Crippen molar-refractivity contribution in [2.45, 2.75) is 13.1 Å². The van der Waals surface area contributed by atoms with E-state index in [2.05, 4.69) is 0 Å². The van der Waals surface area contributed by atoms with Gasteiger partial charge in [-0.2, -0.15) is 13.2 Å². The second-order valence-electron chi connectivity index (χ2n) is 3.37. The first-order chi connectivity index (χ1) is 7.29. The van der Waals surface area contributed by atoms with Gasteiger partial charge in [0, 0.05) is 11.3 Å². The summed E-state index contributed by atoms with van der Waals surface area (Å²) in [5, 5.41) is 1.77. The fraction of sp³-hybridized carbons (Fsp3) is 0.300. The molecule has 0 spiro atoms. The molecule has 0 saturated carbocycles. The molecule has 6 heteroatoms. The molecular weight excluding hydrogens is 221 g/mol. The Kier molecular flexibility index (Phi) is 3.41. The maximum Gasteiger partial charge on any atom is 0.405 e. The Morgan fingerprint density at radius 3 is 2.56 bits per heavy atom. The smallest absolute Gasteiger partial charge is 0.398 e. The van der Waals surface area contributed by atoms with Crippen LogP contribution in [0, 0.1) is 6.92 Å². The number of anilines is 1. The van der Waals surface area contributed by atoms with Crippen LogP contribution in [-0.4, -0.2) is 18.6 Å². The molecule has 1 amide bonds. The fourth-order valence-corrected chi connectivity index (χ4v) is 1.06. The van der Waals surface area contributed by atoms with Crippen molar-refractivity contribution in [3.63, 3.8) is 0 Å². The molecule has 88 valence electrons. The van der Waals surface area contributed by atoms with E-state index in [9.17, 15) is 18.0 Å². The Labute approximate surface area is 90.4 Å². The van der Waals surface area contributed by atoms with Gasteiger partial charge in [0.25, 0.3) is 5.91 Å². The number of nitrogens with one attached hydrogen (secondary N) is 1. The molecule has 0 aliphatic heterocycles. The monoisotopic (exact) mass is 232 g/mol. The van der Waals surface area contributed by atoms with Gasteiger partial charge in [-0.3, -0.25) is 4.79 Å². The number of carbonyl (C=O) groups excluding carboxylic acids is 1. The number of carbonyl (C=O) groups is 1. The number of amides is 1. The first-order valence-corrected chi connectivity index (χ1v) is 4.50. The minimum Gasteiger partial charge on any atom is -0.398 e. The summed E-state index contributed by atoms with van der Waals surface area (Å²) in [5.41, 5.74) is 6.80. The van der Waals surface area contributed by atoms with Crippen molar-refractivity contribution in [2.75, 3.05) is 12.3 Å². The molecule has 0 heterocycles. The maximum absolute atomic E-state index is 11.8. The second-order valence-corrected chi connectivity index (χ2v) is 3.37. The number of aryl methyl sites for hydroxylation is 1. The molecule has 1 rings (SSSR count). The van der Waals surface area contributed by atoms with Crippen LogP contribution in [0.5, 0.6) is 0 Å². The number of nitrogens with two attached hydrogens (primary N) is 1. The van der Waals surface area contributed by atoms with E-state index in [1.165, 1.54) is 12.1 Å². The number of hydrogen-bond donors (Lipinski definition) is 2. The Balaban J connectivity index is 2.70. The van der Waals surface area contributed by atoms with Gasteiger partial charge >= 0.3 is 6.18 Å². The highest BCUT2D eigenvalue weighted by Crippen LogP contribution is 2.15. The van der Waals surface area contributed by atoms with Crippen LogP contribution in [0.3, 0.4) is 0 Å². The highest BCUT2D eigenvalue weighted by molar-refractivity contribution is 5.95. The third-order valence-electron chi connectivity index (χ3n) is 1.99. The highest BCUT2D eigenvalue weighted by Gasteiger charge is 2.27. The van der Waals surface area contributed by atoms with Crippen molar-refractivity contribution in [1.82, 2.24) is 5.32 Å². The van der Waals surface area contributed by atoms with Crippen molar-refractivity contribution in [1.29, 1.82) is 0 Å². The van der Waals surface area contributed by atoms with Gasteiger partial charge in [-0.15, -0.1) is 0 Å². The molecule has 1 aromatic carbocycles. The van der Waals surface area contributed by atoms with Crippen LogP contribution in [0.15, 0.2) is 18.2 Å². The molecule has 0 unspecified atom stereocenters. The van der Waals surface area contributed by atoms with Gasteiger partial charge in [0.1, 0.15) is 6.54 Å². The molecule has 0 aliphatic rings. The molecule has 0 saturated heterocycles. The van der Waals surface area contributed by atoms with E-state index in [0.717, 1.165) is 5.56 Å². The number of nitrogen functional groups attached to an aromatic ring is 1. The number of halogens is 3. The van der Waals surface area contributed by atoms with Gasteiger partial charge in [0.2, 0.25) is 0 Å². The average Bonchev–Trinajstić information content (AvgIpc) is 2.17. The van der Waals surface area contributed by atoms with Crippen LogP contribution in [0.2, 0.25) is 0 Å². The fourth-order valence-electron chi connectivity index (χ4n) is 1.06. The Morgan fingerprint density at radius 2 is 2.06 bits per heavy atom. The summed E-state index contributed by atoms with van der Waals surface area (Å²) < 4.78 is 35.5. The number of hydrogen-bond acceptors (Lipinski definition) is 2. The van der Waals surface area contributed by atoms with Crippen LogP contribution in [-0.2, 0) is 0 Å². The quantitative estimate of drug-likeness (QED) is 0.765. The van der Waals surface area contributed by atoms with Gasteiger partial charge in [-0.05, 0) is 24.6 Å². The normalized spacial score (nSPS) is 11.2. The molecular formula is C10H11F3N2O. The molecule has 0 fully saturated rings. The average molecular weight is 232 g/mol. The highest BCUT2D eigenvalue weighted by atomic mass is 19.4. The Bertz CT molecular complexity index is 402. The molecule has 1 aromatic rings. The topological polar surface area (TPSA) is 55.1 Å². The molecule has 16 heavy (non-hydrogen) atoms. The molecule has 0 bridgehead atoms. The van der Waals surface area contributed by atoms with Crippen LogP contribution >= 0.6 is 0 Å². The molecule has 3 N–H and O–H groups in total. The van der Waals surface area contributed by atoms with Crippen LogP contribution in [0.4, 0.5) is 18.9 Å². The van der Waals surface area contributed by atoms with E-state index < -0.39 is 18.6 Å². The van der Waals surface area contributed by atoms with Crippen molar-refractivity contribution in [3.8, 4) is 0 Å². The van der Waals surface area contributed by atoms with Gasteiger partial charge in [-0.25, -0.2) is 0 Å². The van der Waals surface area contributed by atoms with Crippen LogP contribution < -0.4 is 11.1 Å². The lowest BCUT2D eigenvalue weighted by molar-refractivity contribution is -0.123. The summed E-state index contributed by atoms with van der Waals surface area (Å²) in [4.78, 5) is 11.3.